The Morgan fingerprint density at radius 3 is 2.74 bits per heavy atom. The molecule has 2 aliphatic rings. The smallest absolute Gasteiger partial charge is 0.119 e. The minimum Gasteiger partial charge on any atom is -0.491 e. The third-order valence-corrected chi connectivity index (χ3v) is 7.10. The number of aromatic nitrogens is 1. The van der Waals surface area contributed by atoms with Crippen molar-refractivity contribution in [2.45, 2.75) is 57.3 Å². The highest BCUT2D eigenvalue weighted by molar-refractivity contribution is 5.22. The van der Waals surface area contributed by atoms with Crippen molar-refractivity contribution in [2.24, 2.45) is 17.8 Å². The molecule has 0 saturated heterocycles. The summed E-state index contributed by atoms with van der Waals surface area (Å²) in [4.78, 5) is 4.05. The van der Waals surface area contributed by atoms with Gasteiger partial charge in [-0.15, -0.1) is 0 Å². The van der Waals surface area contributed by atoms with Gasteiger partial charge in [0.15, 0.2) is 0 Å². The van der Waals surface area contributed by atoms with Gasteiger partial charge in [0, 0.05) is 24.9 Å². The van der Waals surface area contributed by atoms with E-state index in [2.05, 4.69) is 28.5 Å². The Morgan fingerprint density at radius 1 is 1.09 bits per heavy atom. The van der Waals surface area contributed by atoms with Crippen LogP contribution in [0.15, 0.2) is 78.7 Å². The first-order valence-corrected chi connectivity index (χ1v) is 12.7. The Bertz CT molecular complexity index is 915. The summed E-state index contributed by atoms with van der Waals surface area (Å²) >= 11 is 0. The van der Waals surface area contributed by atoms with E-state index in [1.54, 1.807) is 11.6 Å². The van der Waals surface area contributed by atoms with Crippen LogP contribution in [-0.2, 0) is 6.54 Å². The molecule has 34 heavy (non-hydrogen) atoms. The molecule has 1 saturated carbocycles. The molecule has 0 bridgehead atoms. The lowest BCUT2D eigenvalue weighted by Gasteiger charge is -2.19. The molecule has 1 fully saturated rings. The molecule has 0 amide bonds. The number of fused-ring (bicyclic) bond motifs is 1. The minimum atomic E-state index is -0.674. The zero-order chi connectivity index (χ0) is 23.6. The summed E-state index contributed by atoms with van der Waals surface area (Å²) in [6.45, 7) is 2.17. The second kappa shape index (κ2) is 12.8. The molecule has 0 spiro atoms. The monoisotopic (exact) mass is 462 g/mol. The first-order valence-electron chi connectivity index (χ1n) is 12.7. The van der Waals surface area contributed by atoms with Crippen LogP contribution in [-0.4, -0.2) is 40.6 Å². The normalized spacial score (nSPS) is 24.8. The molecule has 2 aromatic rings. The van der Waals surface area contributed by atoms with E-state index in [4.69, 9.17) is 4.74 Å². The summed E-state index contributed by atoms with van der Waals surface area (Å²) < 4.78 is 5.63. The van der Waals surface area contributed by atoms with E-state index in [9.17, 15) is 10.2 Å². The third-order valence-electron chi connectivity index (χ3n) is 7.10. The lowest BCUT2D eigenvalue weighted by Crippen LogP contribution is -2.19. The third kappa shape index (κ3) is 7.26. The molecule has 0 unspecified atom stereocenters. The number of pyridine rings is 1. The van der Waals surface area contributed by atoms with Crippen LogP contribution in [0.1, 0.15) is 44.1 Å². The van der Waals surface area contributed by atoms with E-state index < -0.39 is 6.10 Å². The average molecular weight is 463 g/mol. The van der Waals surface area contributed by atoms with Crippen molar-refractivity contribution in [3.63, 3.8) is 0 Å². The molecule has 2 aliphatic carbocycles. The standard InChI is InChI=1S/C29H38N2O3/c32-25(21-34-26-8-4-1-5-9-26)10-11-27-28-18-23(17-24(28)19-29(27)33)7-3-2-6-14-31-20-22-12-15-30-16-13-22/h1,4-5,8-13,15-17,24-25,27-29,31-33H,2-3,6-7,14,18-21H2/t24-,25+,27+,28-,29+/m0/s1. The quantitative estimate of drug-likeness (QED) is 0.298. The largest absolute Gasteiger partial charge is 0.491 e. The van der Waals surface area contributed by atoms with E-state index in [-0.39, 0.29) is 18.6 Å². The van der Waals surface area contributed by atoms with Gasteiger partial charge >= 0.3 is 0 Å². The van der Waals surface area contributed by atoms with E-state index >= 15 is 0 Å². The number of benzene rings is 1. The van der Waals surface area contributed by atoms with E-state index in [1.165, 1.54) is 24.8 Å². The van der Waals surface area contributed by atoms with Gasteiger partial charge < -0.3 is 20.3 Å². The van der Waals surface area contributed by atoms with Crippen molar-refractivity contribution in [1.82, 2.24) is 10.3 Å². The predicted molar refractivity (Wildman–Crippen MR) is 135 cm³/mol. The van der Waals surface area contributed by atoms with Crippen LogP contribution >= 0.6 is 0 Å². The number of unbranched alkanes of at least 4 members (excludes halogenated alkanes) is 2. The van der Waals surface area contributed by atoms with Gasteiger partial charge in [-0.25, -0.2) is 0 Å². The van der Waals surface area contributed by atoms with Gasteiger partial charge in [0.1, 0.15) is 18.5 Å². The summed E-state index contributed by atoms with van der Waals surface area (Å²) in [5.41, 5.74) is 2.83. The SMILES string of the molecule is O[C@H](C=C[C@@H]1[C@H]2CC(CCCCCNCc3ccncc3)=C[C@H]2C[C@H]1O)COc1ccccc1. The molecule has 3 N–H and O–H groups in total. The average Bonchev–Trinajstić information content (AvgIpc) is 3.38. The highest BCUT2D eigenvalue weighted by Crippen LogP contribution is 2.48. The van der Waals surface area contributed by atoms with Crippen molar-refractivity contribution >= 4 is 0 Å². The Balaban J connectivity index is 1.12. The summed E-state index contributed by atoms with van der Waals surface area (Å²) in [7, 11) is 0. The summed E-state index contributed by atoms with van der Waals surface area (Å²) in [5, 5.41) is 24.4. The number of ether oxygens (including phenoxy) is 1. The molecule has 1 heterocycles. The summed E-state index contributed by atoms with van der Waals surface area (Å²) in [5.74, 6) is 1.80. The number of aliphatic hydroxyl groups excluding tert-OH is 2. The van der Waals surface area contributed by atoms with Crippen molar-refractivity contribution in [2.75, 3.05) is 13.2 Å². The van der Waals surface area contributed by atoms with E-state index in [0.717, 1.165) is 38.1 Å². The molecule has 5 heteroatoms. The van der Waals surface area contributed by atoms with Gasteiger partial charge in [0.25, 0.3) is 0 Å². The fourth-order valence-corrected chi connectivity index (χ4v) is 5.31. The zero-order valence-electron chi connectivity index (χ0n) is 19.9. The van der Waals surface area contributed by atoms with Crippen molar-refractivity contribution < 1.29 is 14.9 Å². The summed E-state index contributed by atoms with van der Waals surface area (Å²) in [6.07, 6.45) is 15.7. The Hall–Kier alpha value is -2.47. The number of rotatable bonds is 13. The molecular formula is C29H38N2O3. The maximum absolute atomic E-state index is 10.6. The zero-order valence-corrected chi connectivity index (χ0v) is 19.9. The number of hydrogen-bond acceptors (Lipinski definition) is 5. The number of hydrogen-bond donors (Lipinski definition) is 3. The fourth-order valence-electron chi connectivity index (χ4n) is 5.31. The number of allylic oxidation sites excluding steroid dienone is 2. The highest BCUT2D eigenvalue weighted by Gasteiger charge is 2.43. The molecule has 4 rings (SSSR count). The Labute approximate surface area is 203 Å². The van der Waals surface area contributed by atoms with Crippen molar-refractivity contribution in [1.29, 1.82) is 0 Å². The molecular weight excluding hydrogens is 424 g/mol. The Kier molecular flexibility index (Phi) is 9.31. The molecule has 0 radical (unpaired) electrons. The maximum Gasteiger partial charge on any atom is 0.119 e. The number of aliphatic hydroxyl groups is 2. The van der Waals surface area contributed by atoms with Crippen LogP contribution in [0.4, 0.5) is 0 Å². The fraction of sp³-hybridized carbons (Fsp3) is 0.483. The molecule has 1 aromatic carbocycles. The number of para-hydroxylation sites is 1. The van der Waals surface area contributed by atoms with Crippen molar-refractivity contribution in [3.05, 3.63) is 84.2 Å². The van der Waals surface area contributed by atoms with Crippen LogP contribution in [0.2, 0.25) is 0 Å². The lowest BCUT2D eigenvalue weighted by atomic mass is 9.88. The topological polar surface area (TPSA) is 74.6 Å². The number of nitrogens with one attached hydrogen (secondary N) is 1. The highest BCUT2D eigenvalue weighted by atomic mass is 16.5. The predicted octanol–water partition coefficient (Wildman–Crippen LogP) is 4.67. The summed E-state index contributed by atoms with van der Waals surface area (Å²) in [6, 6.07) is 13.6. The molecule has 0 aliphatic heterocycles. The van der Waals surface area contributed by atoms with E-state index in [0.29, 0.717) is 11.8 Å². The second-order valence-electron chi connectivity index (χ2n) is 9.66. The maximum atomic E-state index is 10.6. The van der Waals surface area contributed by atoms with Crippen LogP contribution in [0.25, 0.3) is 0 Å². The van der Waals surface area contributed by atoms with E-state index in [1.807, 2.05) is 48.8 Å². The van der Waals surface area contributed by atoms with Crippen LogP contribution in [0.5, 0.6) is 5.75 Å². The molecule has 182 valence electrons. The van der Waals surface area contributed by atoms with Crippen LogP contribution in [0.3, 0.4) is 0 Å². The second-order valence-corrected chi connectivity index (χ2v) is 9.66. The van der Waals surface area contributed by atoms with Gasteiger partial charge in [-0.1, -0.05) is 48.4 Å². The molecule has 5 nitrogen and oxygen atoms in total. The minimum absolute atomic E-state index is 0.113. The van der Waals surface area contributed by atoms with Crippen molar-refractivity contribution in [3.8, 4) is 5.75 Å². The van der Waals surface area contributed by atoms with Crippen LogP contribution < -0.4 is 10.1 Å². The lowest BCUT2D eigenvalue weighted by molar-refractivity contribution is 0.133. The van der Waals surface area contributed by atoms with Crippen LogP contribution in [0, 0.1) is 17.8 Å². The first kappa shape index (κ1) is 24.6. The molecule has 1 aromatic heterocycles. The van der Waals surface area contributed by atoms with Gasteiger partial charge in [0.2, 0.25) is 0 Å². The van der Waals surface area contributed by atoms with Gasteiger partial charge in [-0.3, -0.25) is 4.98 Å². The first-order chi connectivity index (χ1) is 16.7. The van der Waals surface area contributed by atoms with Gasteiger partial charge in [-0.2, -0.15) is 0 Å². The van der Waals surface area contributed by atoms with Gasteiger partial charge in [0.05, 0.1) is 6.10 Å². The molecule has 5 atom stereocenters. The van der Waals surface area contributed by atoms with Gasteiger partial charge in [-0.05, 0) is 80.3 Å². The number of nitrogens with zero attached hydrogens (tertiary/aromatic N) is 1. The Morgan fingerprint density at radius 2 is 1.91 bits per heavy atom.